The summed E-state index contributed by atoms with van der Waals surface area (Å²) in [6.45, 7) is 0.0632. The monoisotopic (exact) mass is 350 g/mol. The van der Waals surface area contributed by atoms with Crippen LogP contribution in [0.25, 0.3) is 11.0 Å². The molecule has 25 heavy (non-hydrogen) atoms. The van der Waals surface area contributed by atoms with Gasteiger partial charge in [0, 0.05) is 17.7 Å². The summed E-state index contributed by atoms with van der Waals surface area (Å²) < 4.78 is 26.7. The van der Waals surface area contributed by atoms with Crippen molar-refractivity contribution in [3.8, 4) is 11.5 Å². The maximum Gasteiger partial charge on any atom is 0.339 e. The number of hydrogen-bond acceptors (Lipinski definition) is 8. The molecule has 0 unspecified atom stereocenters. The number of nitrogens with two attached hydrogens (primary N) is 2. The van der Waals surface area contributed by atoms with Gasteiger partial charge in [-0.05, 0) is 31.2 Å². The zero-order chi connectivity index (χ0) is 17.6. The fraction of sp³-hybridized carbons (Fsp3) is 0.471. The van der Waals surface area contributed by atoms with Crippen molar-refractivity contribution >= 4 is 11.0 Å². The molecule has 1 aliphatic carbocycles. The minimum atomic E-state index is -0.304. The van der Waals surface area contributed by atoms with Crippen LogP contribution in [0.3, 0.4) is 0 Å². The number of hydrogen-bond donors (Lipinski definition) is 2. The predicted octanol–water partition coefficient (Wildman–Crippen LogP) is 1.21. The molecule has 0 fully saturated rings. The van der Waals surface area contributed by atoms with E-state index in [1.54, 1.807) is 12.1 Å². The Morgan fingerprint density at radius 1 is 0.960 bits per heavy atom. The van der Waals surface area contributed by atoms with Gasteiger partial charge in [-0.1, -0.05) is 0 Å². The van der Waals surface area contributed by atoms with E-state index in [1.807, 2.05) is 0 Å². The van der Waals surface area contributed by atoms with E-state index in [1.165, 1.54) is 0 Å². The van der Waals surface area contributed by atoms with Gasteiger partial charge in [0.25, 0.3) is 0 Å². The molecule has 0 aliphatic heterocycles. The maximum absolute atomic E-state index is 12.3. The molecule has 3 rings (SSSR count). The summed E-state index contributed by atoms with van der Waals surface area (Å²) in [6.07, 6.45) is 3.53. The molecule has 0 saturated carbocycles. The molecule has 0 atom stereocenters. The van der Waals surface area contributed by atoms with Crippen molar-refractivity contribution in [2.45, 2.75) is 25.7 Å². The van der Waals surface area contributed by atoms with Gasteiger partial charge in [-0.15, -0.1) is 0 Å². The second kappa shape index (κ2) is 8.30. The van der Waals surface area contributed by atoms with E-state index in [-0.39, 0.29) is 32.7 Å². The average molecular weight is 350 g/mol. The molecule has 8 nitrogen and oxygen atoms in total. The summed E-state index contributed by atoms with van der Waals surface area (Å²) in [5, 5.41) is 0.780. The normalized spacial score (nSPS) is 13.7. The molecule has 0 spiro atoms. The standard InChI is InChI=1S/C17H22N2O6/c18-7-21-9-23-11-5-14(24-10-22-8-19)16-12-3-1-2-4-13(12)17(20)25-15(16)6-11/h5-6H,1-4,7-10,18-19H2. The van der Waals surface area contributed by atoms with Crippen LogP contribution in [0.2, 0.25) is 0 Å². The van der Waals surface area contributed by atoms with E-state index in [4.69, 9.17) is 34.8 Å². The van der Waals surface area contributed by atoms with E-state index in [9.17, 15) is 4.79 Å². The minimum absolute atomic E-state index is 0.0117. The Labute approximate surface area is 144 Å². The third-order valence-electron chi connectivity index (χ3n) is 4.10. The molecular formula is C17H22N2O6. The maximum atomic E-state index is 12.3. The quantitative estimate of drug-likeness (QED) is 0.414. The molecule has 2 aromatic rings. The third kappa shape index (κ3) is 3.93. The van der Waals surface area contributed by atoms with Gasteiger partial charge in [-0.25, -0.2) is 4.79 Å². The highest BCUT2D eigenvalue weighted by Crippen LogP contribution is 2.36. The molecular weight excluding hydrogens is 328 g/mol. The largest absolute Gasteiger partial charge is 0.467 e. The van der Waals surface area contributed by atoms with Gasteiger partial charge < -0.3 is 34.8 Å². The lowest BCUT2D eigenvalue weighted by Crippen LogP contribution is -2.17. The second-order valence-corrected chi connectivity index (χ2v) is 5.61. The lowest BCUT2D eigenvalue weighted by Gasteiger charge is -2.19. The lowest BCUT2D eigenvalue weighted by atomic mass is 9.90. The molecule has 0 bridgehead atoms. The molecule has 8 heteroatoms. The fourth-order valence-electron chi connectivity index (χ4n) is 3.02. The highest BCUT2D eigenvalue weighted by atomic mass is 16.7. The van der Waals surface area contributed by atoms with E-state index in [0.717, 1.165) is 42.2 Å². The summed E-state index contributed by atoms with van der Waals surface area (Å²) in [6, 6.07) is 3.37. The fourth-order valence-corrected chi connectivity index (χ4v) is 3.02. The van der Waals surface area contributed by atoms with Crippen LogP contribution in [0.4, 0.5) is 0 Å². The van der Waals surface area contributed by atoms with Crippen molar-refractivity contribution in [3.63, 3.8) is 0 Å². The first-order chi connectivity index (χ1) is 12.2. The summed E-state index contributed by atoms with van der Waals surface area (Å²) in [5.41, 5.74) is 12.4. The first kappa shape index (κ1) is 17.7. The number of aryl methyl sites for hydroxylation is 1. The molecule has 136 valence electrons. The smallest absolute Gasteiger partial charge is 0.339 e. The Balaban J connectivity index is 2.06. The molecule has 0 saturated heterocycles. The predicted molar refractivity (Wildman–Crippen MR) is 90.4 cm³/mol. The summed E-state index contributed by atoms with van der Waals surface area (Å²) in [7, 11) is 0. The Bertz CT molecular complexity index is 789. The van der Waals surface area contributed by atoms with Crippen molar-refractivity contribution in [1.29, 1.82) is 0 Å². The Kier molecular flexibility index (Phi) is 5.87. The molecule has 1 aliphatic rings. The first-order valence-corrected chi connectivity index (χ1v) is 8.18. The Hall–Kier alpha value is -2.13. The van der Waals surface area contributed by atoms with Crippen LogP contribution in [0.15, 0.2) is 21.3 Å². The number of rotatable bonds is 8. The Morgan fingerprint density at radius 3 is 2.36 bits per heavy atom. The molecule has 4 N–H and O–H groups in total. The van der Waals surface area contributed by atoms with Crippen molar-refractivity contribution < 1.29 is 23.4 Å². The Morgan fingerprint density at radius 2 is 1.64 bits per heavy atom. The van der Waals surface area contributed by atoms with Crippen molar-refractivity contribution in [2.75, 3.05) is 27.0 Å². The topological polar surface area (TPSA) is 119 Å². The molecule has 1 aromatic carbocycles. The van der Waals surface area contributed by atoms with Crippen LogP contribution in [0.5, 0.6) is 11.5 Å². The van der Waals surface area contributed by atoms with Crippen LogP contribution >= 0.6 is 0 Å². The third-order valence-corrected chi connectivity index (χ3v) is 4.10. The SMILES string of the molecule is NCOCOc1cc(OCOCN)c2c3c(c(=O)oc2c1)CCCC3. The van der Waals surface area contributed by atoms with Crippen LogP contribution in [0, 0.1) is 0 Å². The van der Waals surface area contributed by atoms with Crippen LogP contribution in [0.1, 0.15) is 24.0 Å². The van der Waals surface area contributed by atoms with Gasteiger partial charge in [-0.3, -0.25) is 0 Å². The van der Waals surface area contributed by atoms with E-state index >= 15 is 0 Å². The van der Waals surface area contributed by atoms with Gasteiger partial charge in [0.15, 0.2) is 13.6 Å². The molecule has 0 radical (unpaired) electrons. The highest BCUT2D eigenvalue weighted by Gasteiger charge is 2.21. The average Bonchev–Trinajstić information content (AvgIpc) is 2.62. The minimum Gasteiger partial charge on any atom is -0.467 e. The summed E-state index contributed by atoms with van der Waals surface area (Å²) in [4.78, 5) is 12.3. The summed E-state index contributed by atoms with van der Waals surface area (Å²) in [5.74, 6) is 0.971. The van der Waals surface area contributed by atoms with Crippen LogP contribution < -0.4 is 26.6 Å². The highest BCUT2D eigenvalue weighted by molar-refractivity contribution is 5.89. The number of fused-ring (bicyclic) bond motifs is 3. The second-order valence-electron chi connectivity index (χ2n) is 5.61. The molecule has 0 amide bonds. The first-order valence-electron chi connectivity index (χ1n) is 8.18. The number of benzene rings is 1. The van der Waals surface area contributed by atoms with Gasteiger partial charge in [0.05, 0.1) is 18.8 Å². The van der Waals surface area contributed by atoms with Crippen LogP contribution in [-0.2, 0) is 22.3 Å². The van der Waals surface area contributed by atoms with E-state index < -0.39 is 0 Å². The van der Waals surface area contributed by atoms with Gasteiger partial charge in [0.2, 0.25) is 0 Å². The molecule has 1 heterocycles. The van der Waals surface area contributed by atoms with Crippen molar-refractivity contribution in [2.24, 2.45) is 11.5 Å². The lowest BCUT2D eigenvalue weighted by molar-refractivity contribution is 0.0152. The van der Waals surface area contributed by atoms with Gasteiger partial charge in [0.1, 0.15) is 17.1 Å². The van der Waals surface area contributed by atoms with Gasteiger partial charge >= 0.3 is 5.63 Å². The molecule has 1 aromatic heterocycles. The van der Waals surface area contributed by atoms with Crippen LogP contribution in [-0.4, -0.2) is 27.0 Å². The van der Waals surface area contributed by atoms with Crippen molar-refractivity contribution in [3.05, 3.63) is 33.7 Å². The number of ether oxygens (including phenoxy) is 4. The summed E-state index contributed by atoms with van der Waals surface area (Å²) >= 11 is 0. The van der Waals surface area contributed by atoms with Crippen molar-refractivity contribution in [1.82, 2.24) is 0 Å². The zero-order valence-corrected chi connectivity index (χ0v) is 13.9. The van der Waals surface area contributed by atoms with E-state index in [0.29, 0.717) is 17.1 Å². The van der Waals surface area contributed by atoms with Gasteiger partial charge in [-0.2, -0.15) is 0 Å². The zero-order valence-electron chi connectivity index (χ0n) is 13.9. The van der Waals surface area contributed by atoms with E-state index in [2.05, 4.69) is 0 Å².